The Balaban J connectivity index is 2.01. The van der Waals surface area contributed by atoms with Crippen LogP contribution in [0, 0.1) is 10.1 Å². The monoisotopic (exact) mass is 388 g/mol. The fourth-order valence-corrected chi connectivity index (χ4v) is 2.96. The van der Waals surface area contributed by atoms with Gasteiger partial charge in [0, 0.05) is 34.4 Å². The summed E-state index contributed by atoms with van der Waals surface area (Å²) in [4.78, 5) is 22.8. The number of amides is 1. The lowest BCUT2D eigenvalue weighted by Gasteiger charge is -2.10. The second kappa shape index (κ2) is 5.97. The summed E-state index contributed by atoms with van der Waals surface area (Å²) >= 11 is 3.14. The zero-order valence-electron chi connectivity index (χ0n) is 12.6. The molecule has 0 unspecified atom stereocenters. The van der Waals surface area contributed by atoms with Crippen molar-refractivity contribution < 1.29 is 9.72 Å². The molecule has 3 rings (SSSR count). The number of hydrogen-bond acceptors (Lipinski definition) is 5. The smallest absolute Gasteiger partial charge is 0.285 e. The second-order valence-corrected chi connectivity index (χ2v) is 6.16. The van der Waals surface area contributed by atoms with Crippen molar-refractivity contribution in [2.45, 2.75) is 6.92 Å². The summed E-state index contributed by atoms with van der Waals surface area (Å²) in [5.41, 5.74) is 9.24. The average Bonchev–Trinajstić information content (AvgIpc) is 2.84. The van der Waals surface area contributed by atoms with Crippen molar-refractivity contribution in [2.75, 3.05) is 16.4 Å². The number of nitrogens with zero attached hydrogens (tertiary/aromatic N) is 1. The molecule has 2 aromatic rings. The molecule has 0 spiro atoms. The molecule has 0 aromatic heterocycles. The van der Waals surface area contributed by atoms with E-state index in [-0.39, 0.29) is 11.6 Å². The van der Waals surface area contributed by atoms with E-state index >= 15 is 0 Å². The predicted octanol–water partition coefficient (Wildman–Crippen LogP) is 3.73. The lowest BCUT2D eigenvalue weighted by molar-refractivity contribution is -0.385. The summed E-state index contributed by atoms with van der Waals surface area (Å²) in [6.45, 7) is 1.74. The number of nitro groups is 1. The molecule has 8 heteroatoms. The first-order chi connectivity index (χ1) is 11.4. The number of fused-ring (bicyclic) bond motifs is 1. The normalized spacial score (nSPS) is 14.8. The standard InChI is InChI=1S/C16H13BrN4O3/c1-8(19-10-3-4-12(17)14(7-10)21(23)24)15-11-6-9(18)2-5-13(11)20-16(15)22/h2-7,19H,18H2,1H3,(H,20,22)/b15-8-. The van der Waals surface area contributed by atoms with Crippen LogP contribution in [0.3, 0.4) is 0 Å². The van der Waals surface area contributed by atoms with Crippen LogP contribution in [0.2, 0.25) is 0 Å². The van der Waals surface area contributed by atoms with Gasteiger partial charge < -0.3 is 16.4 Å². The van der Waals surface area contributed by atoms with E-state index in [1.165, 1.54) is 6.07 Å². The summed E-state index contributed by atoms with van der Waals surface area (Å²) in [7, 11) is 0. The molecule has 122 valence electrons. The molecule has 0 bridgehead atoms. The Labute approximate surface area is 145 Å². The molecular weight excluding hydrogens is 376 g/mol. The molecule has 0 aliphatic carbocycles. The number of hydrogen-bond donors (Lipinski definition) is 3. The first-order valence-electron chi connectivity index (χ1n) is 7.00. The molecule has 7 nitrogen and oxygen atoms in total. The molecule has 24 heavy (non-hydrogen) atoms. The SMILES string of the molecule is C/C(Nc1ccc(Br)c([N+](=O)[O-])c1)=C1/C(=O)Nc2ccc(N)cc21. The van der Waals surface area contributed by atoms with E-state index in [4.69, 9.17) is 5.73 Å². The Morgan fingerprint density at radius 1 is 1.29 bits per heavy atom. The Kier molecular flexibility index (Phi) is 3.98. The maximum absolute atomic E-state index is 12.2. The Morgan fingerprint density at radius 3 is 2.75 bits per heavy atom. The van der Waals surface area contributed by atoms with Crippen molar-refractivity contribution in [1.29, 1.82) is 0 Å². The molecule has 1 aliphatic rings. The third kappa shape index (κ3) is 2.83. The van der Waals surface area contributed by atoms with E-state index in [0.717, 1.165) is 0 Å². The van der Waals surface area contributed by atoms with E-state index in [0.29, 0.717) is 38.4 Å². The van der Waals surface area contributed by atoms with Gasteiger partial charge in [-0.1, -0.05) is 0 Å². The minimum atomic E-state index is -0.476. The van der Waals surface area contributed by atoms with Crippen molar-refractivity contribution >= 4 is 50.2 Å². The van der Waals surface area contributed by atoms with Gasteiger partial charge in [0.15, 0.2) is 0 Å². The van der Waals surface area contributed by atoms with E-state index < -0.39 is 4.92 Å². The second-order valence-electron chi connectivity index (χ2n) is 5.31. The quantitative estimate of drug-likeness (QED) is 0.321. The molecule has 1 amide bonds. The van der Waals surface area contributed by atoms with Crippen LogP contribution in [0.25, 0.3) is 5.57 Å². The molecule has 0 radical (unpaired) electrons. The van der Waals surface area contributed by atoms with Gasteiger partial charge in [0.05, 0.1) is 15.0 Å². The number of allylic oxidation sites excluding steroid dienone is 1. The highest BCUT2D eigenvalue weighted by atomic mass is 79.9. The molecule has 0 fully saturated rings. The number of nitrogens with two attached hydrogens (primary N) is 1. The molecule has 0 atom stereocenters. The van der Waals surface area contributed by atoms with Crippen LogP contribution in [0.5, 0.6) is 0 Å². The number of nitro benzene ring substituents is 1. The van der Waals surface area contributed by atoms with Gasteiger partial charge in [-0.15, -0.1) is 0 Å². The van der Waals surface area contributed by atoms with E-state index in [1.807, 2.05) is 0 Å². The van der Waals surface area contributed by atoms with Crippen molar-refractivity contribution in [3.63, 3.8) is 0 Å². The first-order valence-corrected chi connectivity index (χ1v) is 7.79. The zero-order valence-corrected chi connectivity index (χ0v) is 14.2. The third-order valence-corrected chi connectivity index (χ3v) is 4.31. The van der Waals surface area contributed by atoms with Crippen LogP contribution < -0.4 is 16.4 Å². The lowest BCUT2D eigenvalue weighted by atomic mass is 10.0. The minimum absolute atomic E-state index is 0.0571. The Morgan fingerprint density at radius 2 is 2.04 bits per heavy atom. The van der Waals surface area contributed by atoms with Crippen molar-refractivity contribution in [1.82, 2.24) is 0 Å². The molecule has 0 saturated heterocycles. The number of nitrogens with one attached hydrogen (secondary N) is 2. The minimum Gasteiger partial charge on any atom is -0.399 e. The highest BCUT2D eigenvalue weighted by Crippen LogP contribution is 2.36. The lowest BCUT2D eigenvalue weighted by Crippen LogP contribution is -2.09. The van der Waals surface area contributed by atoms with Gasteiger partial charge in [-0.05, 0) is 53.2 Å². The number of anilines is 3. The van der Waals surface area contributed by atoms with Gasteiger partial charge in [0.2, 0.25) is 0 Å². The van der Waals surface area contributed by atoms with Crippen molar-refractivity contribution in [3.05, 3.63) is 62.2 Å². The maximum Gasteiger partial charge on any atom is 0.285 e. The summed E-state index contributed by atoms with van der Waals surface area (Å²) in [5, 5.41) is 16.8. The van der Waals surface area contributed by atoms with Crippen molar-refractivity contribution in [2.24, 2.45) is 0 Å². The largest absolute Gasteiger partial charge is 0.399 e. The fourth-order valence-electron chi connectivity index (χ4n) is 2.57. The van der Waals surface area contributed by atoms with E-state index in [2.05, 4.69) is 26.6 Å². The van der Waals surface area contributed by atoms with Gasteiger partial charge >= 0.3 is 0 Å². The summed E-state index contributed by atoms with van der Waals surface area (Å²) < 4.78 is 0.389. The van der Waals surface area contributed by atoms with Gasteiger partial charge in [-0.3, -0.25) is 14.9 Å². The van der Waals surface area contributed by atoms with Gasteiger partial charge in [0.25, 0.3) is 11.6 Å². The van der Waals surface area contributed by atoms with Crippen molar-refractivity contribution in [3.8, 4) is 0 Å². The number of carbonyl (C=O) groups is 1. The topological polar surface area (TPSA) is 110 Å². The molecule has 0 saturated carbocycles. The van der Waals surface area contributed by atoms with Crippen LogP contribution >= 0.6 is 15.9 Å². The third-order valence-electron chi connectivity index (χ3n) is 3.64. The van der Waals surface area contributed by atoms with Crippen LogP contribution in [-0.4, -0.2) is 10.8 Å². The number of carbonyl (C=O) groups excluding carboxylic acids is 1. The average molecular weight is 389 g/mol. The number of benzene rings is 2. The summed E-state index contributed by atoms with van der Waals surface area (Å²) in [6.07, 6.45) is 0. The van der Waals surface area contributed by atoms with Crippen LogP contribution in [0.15, 0.2) is 46.6 Å². The van der Waals surface area contributed by atoms with E-state index in [1.54, 1.807) is 37.3 Å². The van der Waals surface area contributed by atoms with Crippen LogP contribution in [0.1, 0.15) is 12.5 Å². The fraction of sp³-hybridized carbons (Fsp3) is 0.0625. The first kappa shape index (κ1) is 16.0. The van der Waals surface area contributed by atoms with Crippen LogP contribution in [0.4, 0.5) is 22.7 Å². The number of nitrogen functional groups attached to an aromatic ring is 1. The predicted molar refractivity (Wildman–Crippen MR) is 96.5 cm³/mol. The number of rotatable bonds is 3. The molecule has 4 N–H and O–H groups in total. The summed E-state index contributed by atoms with van der Waals surface area (Å²) in [6, 6.07) is 9.85. The molecule has 1 heterocycles. The van der Waals surface area contributed by atoms with Gasteiger partial charge in [-0.2, -0.15) is 0 Å². The molecular formula is C16H13BrN4O3. The zero-order chi connectivity index (χ0) is 17.4. The van der Waals surface area contributed by atoms with Crippen LogP contribution in [-0.2, 0) is 4.79 Å². The maximum atomic E-state index is 12.2. The van der Waals surface area contributed by atoms with Gasteiger partial charge in [-0.25, -0.2) is 0 Å². The van der Waals surface area contributed by atoms with E-state index in [9.17, 15) is 14.9 Å². The highest BCUT2D eigenvalue weighted by molar-refractivity contribution is 9.10. The summed E-state index contributed by atoms with van der Waals surface area (Å²) in [5.74, 6) is -0.243. The number of halogens is 1. The molecule has 1 aliphatic heterocycles. The van der Waals surface area contributed by atoms with Gasteiger partial charge in [0.1, 0.15) is 0 Å². The Hall–Kier alpha value is -2.87. The highest BCUT2D eigenvalue weighted by Gasteiger charge is 2.26. The Bertz CT molecular complexity index is 908. The molecule has 2 aromatic carbocycles.